The number of ether oxygens (including phenoxy) is 1. The van der Waals surface area contributed by atoms with E-state index in [1.54, 1.807) is 0 Å². The van der Waals surface area contributed by atoms with Gasteiger partial charge in [-0.3, -0.25) is 9.69 Å². The van der Waals surface area contributed by atoms with Crippen LogP contribution in [0, 0.1) is 0 Å². The van der Waals surface area contributed by atoms with Crippen LogP contribution in [0.4, 0.5) is 0 Å². The Bertz CT molecular complexity index is 398. The molecule has 2 heterocycles. The summed E-state index contributed by atoms with van der Waals surface area (Å²) in [6.45, 7) is 5.17. The summed E-state index contributed by atoms with van der Waals surface area (Å²) in [4.78, 5) is 14.3. The maximum atomic E-state index is 12.1. The molecule has 0 N–H and O–H groups in total. The third-order valence-corrected chi connectivity index (χ3v) is 3.39. The van der Waals surface area contributed by atoms with Gasteiger partial charge >= 0.3 is 0 Å². The summed E-state index contributed by atoms with van der Waals surface area (Å²) in [7, 11) is 1.93. The maximum Gasteiger partial charge on any atom is 0.178 e. The van der Waals surface area contributed by atoms with Crippen LogP contribution < -0.4 is 0 Å². The number of hydrogen-bond donors (Lipinski definition) is 0. The van der Waals surface area contributed by atoms with Crippen LogP contribution in [0.5, 0.6) is 0 Å². The minimum atomic E-state index is 0.202. The number of rotatable bonds is 5. The first-order valence-corrected chi connectivity index (χ1v) is 6.68. The van der Waals surface area contributed by atoms with E-state index in [0.29, 0.717) is 12.6 Å². The first kappa shape index (κ1) is 13.3. The average molecular weight is 250 g/mol. The molecule has 1 aromatic heterocycles. The smallest absolute Gasteiger partial charge is 0.178 e. The number of carbonyl (C=O) groups is 1. The predicted molar refractivity (Wildman–Crippen MR) is 70.8 cm³/mol. The van der Waals surface area contributed by atoms with E-state index in [1.165, 1.54) is 0 Å². The summed E-state index contributed by atoms with van der Waals surface area (Å²) in [5.41, 5.74) is 0.802. The minimum Gasteiger partial charge on any atom is -0.377 e. The van der Waals surface area contributed by atoms with Crippen LogP contribution in [-0.2, 0) is 11.8 Å². The van der Waals surface area contributed by atoms with E-state index >= 15 is 0 Å². The zero-order valence-electron chi connectivity index (χ0n) is 11.3. The van der Waals surface area contributed by atoms with Crippen molar-refractivity contribution in [2.75, 3.05) is 26.2 Å². The van der Waals surface area contributed by atoms with Crippen molar-refractivity contribution in [3.63, 3.8) is 0 Å². The van der Waals surface area contributed by atoms with Crippen LogP contribution in [0.1, 0.15) is 30.1 Å². The van der Waals surface area contributed by atoms with Gasteiger partial charge < -0.3 is 9.30 Å². The molecule has 1 aliphatic rings. The molecule has 4 nitrogen and oxygen atoms in total. The molecule has 0 amide bonds. The summed E-state index contributed by atoms with van der Waals surface area (Å²) >= 11 is 0. The van der Waals surface area contributed by atoms with Gasteiger partial charge in [-0.15, -0.1) is 0 Å². The summed E-state index contributed by atoms with van der Waals surface area (Å²) < 4.78 is 7.56. The molecule has 1 fully saturated rings. The highest BCUT2D eigenvalue weighted by Gasteiger charge is 2.22. The van der Waals surface area contributed by atoms with Crippen LogP contribution >= 0.6 is 0 Å². The molecule has 2 rings (SSSR count). The van der Waals surface area contributed by atoms with Crippen LogP contribution in [-0.4, -0.2) is 47.6 Å². The van der Waals surface area contributed by atoms with E-state index in [0.717, 1.165) is 38.1 Å². The molecule has 18 heavy (non-hydrogen) atoms. The Morgan fingerprint density at radius 3 is 3.06 bits per heavy atom. The lowest BCUT2D eigenvalue weighted by molar-refractivity contribution is 0.00718. The molecular weight excluding hydrogens is 228 g/mol. The number of carbonyl (C=O) groups excluding carboxylic acids is 1. The molecule has 1 aromatic rings. The van der Waals surface area contributed by atoms with Gasteiger partial charge in [-0.25, -0.2) is 0 Å². The van der Waals surface area contributed by atoms with Gasteiger partial charge in [0.15, 0.2) is 5.78 Å². The summed E-state index contributed by atoms with van der Waals surface area (Å²) in [5.74, 6) is 0.202. The van der Waals surface area contributed by atoms with Crippen LogP contribution in [0.2, 0.25) is 0 Å². The number of piperidine rings is 1. The first-order valence-electron chi connectivity index (χ1n) is 6.68. The van der Waals surface area contributed by atoms with Gasteiger partial charge in [0.1, 0.15) is 0 Å². The van der Waals surface area contributed by atoms with Gasteiger partial charge in [-0.05, 0) is 32.4 Å². The molecular formula is C14H22N2O2. The number of ketones is 1. The quantitative estimate of drug-likeness (QED) is 0.746. The lowest BCUT2D eigenvalue weighted by Crippen LogP contribution is -2.42. The summed E-state index contributed by atoms with van der Waals surface area (Å²) in [5, 5.41) is 0. The van der Waals surface area contributed by atoms with Gasteiger partial charge in [0.25, 0.3) is 0 Å². The van der Waals surface area contributed by atoms with Crippen molar-refractivity contribution in [3.05, 3.63) is 24.0 Å². The second-order valence-corrected chi connectivity index (χ2v) is 4.94. The molecule has 0 bridgehead atoms. The summed E-state index contributed by atoms with van der Waals surface area (Å²) in [6, 6.07) is 1.88. The Hall–Kier alpha value is -1.13. The minimum absolute atomic E-state index is 0.202. The van der Waals surface area contributed by atoms with Crippen molar-refractivity contribution in [3.8, 4) is 0 Å². The topological polar surface area (TPSA) is 34.5 Å². The van der Waals surface area contributed by atoms with Gasteiger partial charge in [0.05, 0.1) is 12.6 Å². The normalized spacial score (nSPS) is 21.1. The molecule has 1 aliphatic heterocycles. The fourth-order valence-corrected chi connectivity index (χ4v) is 2.49. The number of aryl methyl sites for hydroxylation is 1. The molecule has 4 heteroatoms. The van der Waals surface area contributed by atoms with E-state index in [-0.39, 0.29) is 5.78 Å². The summed E-state index contributed by atoms with van der Waals surface area (Å²) in [6.07, 6.45) is 6.32. The third-order valence-electron chi connectivity index (χ3n) is 3.39. The molecule has 1 unspecified atom stereocenters. The highest BCUT2D eigenvalue weighted by Crippen LogP contribution is 2.14. The van der Waals surface area contributed by atoms with Crippen molar-refractivity contribution in [2.24, 2.45) is 7.05 Å². The highest BCUT2D eigenvalue weighted by molar-refractivity contribution is 5.97. The zero-order chi connectivity index (χ0) is 13.0. The van der Waals surface area contributed by atoms with Gasteiger partial charge in [-0.1, -0.05) is 0 Å². The van der Waals surface area contributed by atoms with Crippen molar-refractivity contribution in [1.29, 1.82) is 0 Å². The first-order chi connectivity index (χ1) is 8.69. The van der Waals surface area contributed by atoms with Crippen molar-refractivity contribution >= 4 is 5.78 Å². The number of nitrogens with zero attached hydrogens (tertiary/aromatic N) is 2. The van der Waals surface area contributed by atoms with Crippen molar-refractivity contribution in [2.45, 2.75) is 25.9 Å². The monoisotopic (exact) mass is 250 g/mol. The van der Waals surface area contributed by atoms with E-state index < -0.39 is 0 Å². The molecule has 0 aliphatic carbocycles. The second-order valence-electron chi connectivity index (χ2n) is 4.94. The number of likely N-dealkylation sites (tertiary alicyclic amines) is 1. The molecule has 100 valence electrons. The average Bonchev–Trinajstić information content (AvgIpc) is 2.77. The molecule has 1 atom stereocenters. The van der Waals surface area contributed by atoms with Crippen molar-refractivity contribution in [1.82, 2.24) is 9.47 Å². The Morgan fingerprint density at radius 2 is 2.39 bits per heavy atom. The largest absolute Gasteiger partial charge is 0.377 e. The predicted octanol–water partition coefficient (Wildman–Crippen LogP) is 1.71. The highest BCUT2D eigenvalue weighted by atomic mass is 16.5. The van der Waals surface area contributed by atoms with Crippen LogP contribution in [0.3, 0.4) is 0 Å². The molecule has 0 spiro atoms. The number of hydrogen-bond acceptors (Lipinski definition) is 3. The van der Waals surface area contributed by atoms with E-state index in [2.05, 4.69) is 4.90 Å². The van der Waals surface area contributed by atoms with Crippen LogP contribution in [0.15, 0.2) is 18.5 Å². The number of Topliss-reactive ketones (excluding diaryl/α,β-unsaturated/α-hetero) is 1. The maximum absolute atomic E-state index is 12.1. The SMILES string of the molecule is CCOC1CCCN(CC(=O)c2ccn(C)c2)C1. The second kappa shape index (κ2) is 6.16. The molecule has 1 saturated heterocycles. The molecule has 0 aromatic carbocycles. The third kappa shape index (κ3) is 3.43. The Labute approximate surface area is 109 Å². The fraction of sp³-hybridized carbons (Fsp3) is 0.643. The van der Waals surface area contributed by atoms with E-state index in [9.17, 15) is 4.79 Å². The Morgan fingerprint density at radius 1 is 1.56 bits per heavy atom. The molecule has 0 radical (unpaired) electrons. The Balaban J connectivity index is 1.87. The Kier molecular flexibility index (Phi) is 4.55. The van der Waals surface area contributed by atoms with Crippen LogP contribution in [0.25, 0.3) is 0 Å². The van der Waals surface area contributed by atoms with Gasteiger partial charge in [0, 0.05) is 38.2 Å². The fourth-order valence-electron chi connectivity index (χ4n) is 2.49. The van der Waals surface area contributed by atoms with Gasteiger partial charge in [-0.2, -0.15) is 0 Å². The van der Waals surface area contributed by atoms with Crippen molar-refractivity contribution < 1.29 is 9.53 Å². The standard InChI is InChI=1S/C14H22N2O2/c1-3-18-13-5-4-7-16(10-13)11-14(17)12-6-8-15(2)9-12/h6,8-9,13H,3-5,7,10-11H2,1-2H3. The van der Waals surface area contributed by atoms with Gasteiger partial charge in [0.2, 0.25) is 0 Å². The van der Waals surface area contributed by atoms with E-state index in [4.69, 9.17) is 4.74 Å². The zero-order valence-corrected chi connectivity index (χ0v) is 11.3. The van der Waals surface area contributed by atoms with E-state index in [1.807, 2.05) is 37.0 Å². The molecule has 0 saturated carbocycles. The number of aromatic nitrogens is 1. The lowest BCUT2D eigenvalue weighted by Gasteiger charge is -2.31. The lowest BCUT2D eigenvalue weighted by atomic mass is 10.1.